The van der Waals surface area contributed by atoms with Gasteiger partial charge in [-0.2, -0.15) is 0 Å². The maximum Gasteiger partial charge on any atom is 0.240 e. The predicted molar refractivity (Wildman–Crippen MR) is 46.0 cm³/mol. The molecule has 2 amide bonds. The van der Waals surface area contributed by atoms with E-state index in [0.29, 0.717) is 0 Å². The predicted octanol–water partition coefficient (Wildman–Crippen LogP) is -2.61. The minimum absolute atomic E-state index is 0.807. The molecule has 2 atom stereocenters. The number of amides is 2. The molecule has 0 aromatic heterocycles. The van der Waals surface area contributed by atoms with Crippen molar-refractivity contribution in [3.63, 3.8) is 0 Å². The fraction of sp³-hybridized carbons (Fsp3) is 0.714. The van der Waals surface area contributed by atoms with Crippen LogP contribution in [0.1, 0.15) is 13.8 Å². The minimum atomic E-state index is -1.54. The first-order valence-electron chi connectivity index (χ1n) is 3.81. The molecule has 1 saturated carbocycles. The van der Waals surface area contributed by atoms with E-state index in [1.54, 1.807) is 13.8 Å². The molecule has 13 heavy (non-hydrogen) atoms. The van der Waals surface area contributed by atoms with E-state index >= 15 is 0 Å². The summed E-state index contributed by atoms with van der Waals surface area (Å²) in [6, 6.07) is 0. The van der Waals surface area contributed by atoms with Crippen LogP contribution in [0, 0.1) is 5.41 Å². The van der Waals surface area contributed by atoms with E-state index in [2.05, 4.69) is 0 Å². The van der Waals surface area contributed by atoms with Gasteiger partial charge in [-0.1, -0.05) is 13.8 Å². The first-order chi connectivity index (χ1) is 5.64. The van der Waals surface area contributed by atoms with Gasteiger partial charge in [0.25, 0.3) is 0 Å². The zero-order chi connectivity index (χ0) is 10.7. The summed E-state index contributed by atoms with van der Waals surface area (Å²) in [6.45, 7) is 3.17. The maximum absolute atomic E-state index is 11.0. The molecule has 2 unspecified atom stereocenters. The molecular formula is C7H14N4O2. The van der Waals surface area contributed by atoms with E-state index in [-0.39, 0.29) is 0 Å². The molecule has 74 valence electrons. The summed E-state index contributed by atoms with van der Waals surface area (Å²) in [5.41, 5.74) is 17.5. The second-order valence-electron chi connectivity index (χ2n) is 3.97. The van der Waals surface area contributed by atoms with Gasteiger partial charge in [0.1, 0.15) is 11.1 Å². The van der Waals surface area contributed by atoms with Crippen molar-refractivity contribution in [1.29, 1.82) is 0 Å². The van der Waals surface area contributed by atoms with E-state index in [1.165, 1.54) is 0 Å². The largest absolute Gasteiger partial charge is 0.368 e. The van der Waals surface area contributed by atoms with Gasteiger partial charge in [-0.15, -0.1) is 0 Å². The van der Waals surface area contributed by atoms with Crippen LogP contribution in [0.5, 0.6) is 0 Å². The van der Waals surface area contributed by atoms with Gasteiger partial charge in [-0.25, -0.2) is 0 Å². The molecule has 1 aliphatic carbocycles. The number of primary amides is 2. The van der Waals surface area contributed by atoms with Crippen molar-refractivity contribution in [3.8, 4) is 0 Å². The van der Waals surface area contributed by atoms with Crippen LogP contribution in [0.25, 0.3) is 0 Å². The van der Waals surface area contributed by atoms with Crippen molar-refractivity contribution < 1.29 is 9.59 Å². The molecule has 1 fully saturated rings. The highest BCUT2D eigenvalue weighted by Crippen LogP contribution is 2.61. The van der Waals surface area contributed by atoms with Crippen LogP contribution in [0.4, 0.5) is 0 Å². The van der Waals surface area contributed by atoms with Crippen LogP contribution < -0.4 is 22.9 Å². The molecule has 1 rings (SSSR count). The first-order valence-corrected chi connectivity index (χ1v) is 3.81. The standard InChI is InChI=1S/C7H14N4O2/c1-5(2)6(10,3(8)12)7(5,11)4(9)13/h10-11H2,1-2H3,(H2,8,12)(H2,9,13). The van der Waals surface area contributed by atoms with Crippen LogP contribution in [0.3, 0.4) is 0 Å². The molecule has 8 N–H and O–H groups in total. The third-order valence-electron chi connectivity index (χ3n) is 3.31. The highest BCUT2D eigenvalue weighted by molar-refractivity contribution is 6.07. The Hall–Kier alpha value is -1.14. The van der Waals surface area contributed by atoms with E-state index in [4.69, 9.17) is 22.9 Å². The number of carbonyl (C=O) groups is 2. The molecule has 0 spiro atoms. The van der Waals surface area contributed by atoms with Crippen molar-refractivity contribution in [1.82, 2.24) is 0 Å². The third kappa shape index (κ3) is 0.663. The number of carbonyl (C=O) groups excluding carboxylic acids is 2. The van der Waals surface area contributed by atoms with Crippen molar-refractivity contribution in [2.45, 2.75) is 24.9 Å². The number of rotatable bonds is 2. The van der Waals surface area contributed by atoms with Gasteiger partial charge >= 0.3 is 0 Å². The Morgan fingerprint density at radius 3 is 1.23 bits per heavy atom. The van der Waals surface area contributed by atoms with Gasteiger partial charge < -0.3 is 22.9 Å². The number of hydrogen-bond donors (Lipinski definition) is 4. The Labute approximate surface area is 75.6 Å². The van der Waals surface area contributed by atoms with Crippen LogP contribution in [0.15, 0.2) is 0 Å². The quantitative estimate of drug-likeness (QED) is 0.375. The van der Waals surface area contributed by atoms with Crippen LogP contribution in [0.2, 0.25) is 0 Å². The summed E-state index contributed by atoms with van der Waals surface area (Å²) in [6.07, 6.45) is 0. The smallest absolute Gasteiger partial charge is 0.240 e. The van der Waals surface area contributed by atoms with E-state index in [1.807, 2.05) is 0 Å². The second-order valence-corrected chi connectivity index (χ2v) is 3.97. The average Bonchev–Trinajstić information content (AvgIpc) is 2.32. The molecule has 0 heterocycles. The van der Waals surface area contributed by atoms with E-state index in [9.17, 15) is 9.59 Å². The average molecular weight is 186 g/mol. The second kappa shape index (κ2) is 2.02. The molecule has 0 aromatic rings. The summed E-state index contributed by atoms with van der Waals surface area (Å²) >= 11 is 0. The van der Waals surface area contributed by atoms with Crippen molar-refractivity contribution >= 4 is 11.8 Å². The Morgan fingerprint density at radius 1 is 0.923 bits per heavy atom. The maximum atomic E-state index is 11.0. The monoisotopic (exact) mass is 186 g/mol. The molecule has 0 radical (unpaired) electrons. The van der Waals surface area contributed by atoms with Gasteiger partial charge in [0.05, 0.1) is 0 Å². The van der Waals surface area contributed by atoms with Crippen LogP contribution in [-0.4, -0.2) is 22.9 Å². The lowest BCUT2D eigenvalue weighted by atomic mass is 10.0. The molecule has 0 bridgehead atoms. The van der Waals surface area contributed by atoms with Gasteiger partial charge in [-0.05, 0) is 0 Å². The Kier molecular flexibility index (Phi) is 1.55. The lowest BCUT2D eigenvalue weighted by molar-refractivity contribution is -0.125. The molecule has 0 aliphatic heterocycles. The van der Waals surface area contributed by atoms with E-state index < -0.39 is 28.3 Å². The van der Waals surface area contributed by atoms with Gasteiger partial charge in [0, 0.05) is 5.41 Å². The summed E-state index contributed by atoms with van der Waals surface area (Å²) < 4.78 is 0. The summed E-state index contributed by atoms with van der Waals surface area (Å²) in [5, 5.41) is 0. The molecule has 1 aliphatic rings. The zero-order valence-electron chi connectivity index (χ0n) is 7.63. The Bertz CT molecular complexity index is 273. The van der Waals surface area contributed by atoms with Crippen molar-refractivity contribution in [2.75, 3.05) is 0 Å². The van der Waals surface area contributed by atoms with Gasteiger partial charge in [0.2, 0.25) is 11.8 Å². The molecule has 6 heteroatoms. The fourth-order valence-corrected chi connectivity index (χ4v) is 1.95. The lowest BCUT2D eigenvalue weighted by Crippen LogP contribution is -2.56. The normalized spacial score (nSPS) is 41.2. The molecular weight excluding hydrogens is 172 g/mol. The summed E-state index contributed by atoms with van der Waals surface area (Å²) in [4.78, 5) is 22.1. The third-order valence-corrected chi connectivity index (χ3v) is 3.31. The van der Waals surface area contributed by atoms with Gasteiger partial charge in [-0.3, -0.25) is 9.59 Å². The summed E-state index contributed by atoms with van der Waals surface area (Å²) in [5.74, 6) is -1.61. The Morgan fingerprint density at radius 2 is 1.15 bits per heavy atom. The minimum Gasteiger partial charge on any atom is -0.368 e. The molecule has 6 nitrogen and oxygen atoms in total. The van der Waals surface area contributed by atoms with Crippen LogP contribution in [-0.2, 0) is 9.59 Å². The zero-order valence-corrected chi connectivity index (χ0v) is 7.63. The Balaban J connectivity index is 3.22. The SMILES string of the molecule is CC1(C)C(N)(C(N)=O)C1(N)C(N)=O. The van der Waals surface area contributed by atoms with Crippen molar-refractivity contribution in [2.24, 2.45) is 28.3 Å². The highest BCUT2D eigenvalue weighted by Gasteiger charge is 2.85. The first kappa shape index (κ1) is 9.94. The number of hydrogen-bond acceptors (Lipinski definition) is 4. The molecule has 0 saturated heterocycles. The number of nitrogens with two attached hydrogens (primary N) is 4. The topological polar surface area (TPSA) is 138 Å². The van der Waals surface area contributed by atoms with E-state index in [0.717, 1.165) is 0 Å². The van der Waals surface area contributed by atoms with Crippen LogP contribution >= 0.6 is 0 Å². The van der Waals surface area contributed by atoms with Crippen molar-refractivity contribution in [3.05, 3.63) is 0 Å². The highest BCUT2D eigenvalue weighted by atomic mass is 16.2. The summed E-state index contributed by atoms with van der Waals surface area (Å²) in [7, 11) is 0. The molecule has 0 aromatic carbocycles. The van der Waals surface area contributed by atoms with Gasteiger partial charge in [0.15, 0.2) is 0 Å². The fourth-order valence-electron chi connectivity index (χ4n) is 1.95. The lowest BCUT2D eigenvalue weighted by Gasteiger charge is -2.10.